The van der Waals surface area contributed by atoms with Crippen molar-refractivity contribution >= 4 is 38.6 Å². The Morgan fingerprint density at radius 2 is 2.10 bits per heavy atom. The molecule has 0 aliphatic rings. The van der Waals surface area contributed by atoms with E-state index < -0.39 is 15.8 Å². The molecule has 0 spiro atoms. The lowest BCUT2D eigenvalue weighted by atomic mass is 10.3. The third-order valence-corrected chi connectivity index (χ3v) is 5.97. The van der Waals surface area contributed by atoms with Crippen LogP contribution in [-0.4, -0.2) is 13.5 Å². The number of sulfonamides is 1. The van der Waals surface area contributed by atoms with E-state index in [1.807, 2.05) is 0 Å². The zero-order valence-electron chi connectivity index (χ0n) is 10.4. The standard InChI is InChI=1S/C12H11ClFNO3S2/c1-7-4-12(19-11(7)6-16)20(17,18)15-10-5-8(14)2-3-9(10)13/h2-5,15-16H,6H2,1H3. The van der Waals surface area contributed by atoms with E-state index in [4.69, 9.17) is 16.7 Å². The fraction of sp³-hybridized carbons (Fsp3) is 0.167. The van der Waals surface area contributed by atoms with E-state index in [0.29, 0.717) is 10.4 Å². The van der Waals surface area contributed by atoms with Gasteiger partial charge in [-0.05, 0) is 36.8 Å². The van der Waals surface area contributed by atoms with E-state index in [-0.39, 0.29) is 21.5 Å². The van der Waals surface area contributed by atoms with Crippen molar-refractivity contribution in [2.75, 3.05) is 4.72 Å². The molecular formula is C12H11ClFNO3S2. The van der Waals surface area contributed by atoms with Crippen LogP contribution in [0.4, 0.5) is 10.1 Å². The third kappa shape index (κ3) is 3.12. The molecule has 0 fully saturated rings. The largest absolute Gasteiger partial charge is 0.391 e. The molecule has 1 aromatic heterocycles. The molecule has 0 atom stereocenters. The molecule has 0 bridgehead atoms. The molecule has 0 amide bonds. The molecule has 1 aromatic carbocycles. The lowest BCUT2D eigenvalue weighted by molar-refractivity contribution is 0.285. The van der Waals surface area contributed by atoms with Crippen molar-refractivity contribution in [1.29, 1.82) is 0 Å². The highest BCUT2D eigenvalue weighted by Gasteiger charge is 2.20. The van der Waals surface area contributed by atoms with Crippen LogP contribution in [0.2, 0.25) is 5.02 Å². The van der Waals surface area contributed by atoms with Crippen LogP contribution in [0.15, 0.2) is 28.5 Å². The highest BCUT2D eigenvalue weighted by atomic mass is 35.5. The molecule has 0 saturated heterocycles. The van der Waals surface area contributed by atoms with Gasteiger partial charge in [0.2, 0.25) is 0 Å². The smallest absolute Gasteiger partial charge is 0.271 e. The highest BCUT2D eigenvalue weighted by molar-refractivity contribution is 7.94. The van der Waals surface area contributed by atoms with Crippen molar-refractivity contribution in [3.63, 3.8) is 0 Å². The van der Waals surface area contributed by atoms with E-state index in [0.717, 1.165) is 23.5 Å². The first-order chi connectivity index (χ1) is 9.33. The maximum Gasteiger partial charge on any atom is 0.271 e. The molecule has 0 radical (unpaired) electrons. The molecule has 2 aromatic rings. The van der Waals surface area contributed by atoms with Gasteiger partial charge in [0.05, 0.1) is 17.3 Å². The number of halogens is 2. The minimum Gasteiger partial charge on any atom is -0.391 e. The van der Waals surface area contributed by atoms with Crippen molar-refractivity contribution < 1.29 is 17.9 Å². The van der Waals surface area contributed by atoms with Crippen molar-refractivity contribution in [2.45, 2.75) is 17.7 Å². The molecule has 108 valence electrons. The van der Waals surface area contributed by atoms with Gasteiger partial charge in [-0.1, -0.05) is 11.6 Å². The summed E-state index contributed by atoms with van der Waals surface area (Å²) in [7, 11) is -3.86. The maximum absolute atomic E-state index is 13.1. The molecule has 4 nitrogen and oxygen atoms in total. The second kappa shape index (κ2) is 5.69. The molecule has 0 aliphatic heterocycles. The molecule has 0 saturated carbocycles. The van der Waals surface area contributed by atoms with Crippen LogP contribution >= 0.6 is 22.9 Å². The summed E-state index contributed by atoms with van der Waals surface area (Å²) in [4.78, 5) is 0.565. The third-order valence-electron chi connectivity index (χ3n) is 2.58. The first kappa shape index (κ1) is 15.2. The number of hydrogen-bond donors (Lipinski definition) is 2. The van der Waals surface area contributed by atoms with E-state index >= 15 is 0 Å². The number of rotatable bonds is 4. The van der Waals surface area contributed by atoms with Crippen LogP contribution in [0.1, 0.15) is 10.4 Å². The van der Waals surface area contributed by atoms with E-state index in [2.05, 4.69) is 4.72 Å². The Bertz CT molecular complexity index is 743. The summed E-state index contributed by atoms with van der Waals surface area (Å²) in [5.41, 5.74) is 0.659. The summed E-state index contributed by atoms with van der Waals surface area (Å²) in [6.07, 6.45) is 0. The lowest BCUT2D eigenvalue weighted by Gasteiger charge is -2.08. The Morgan fingerprint density at radius 1 is 1.40 bits per heavy atom. The molecule has 8 heteroatoms. The fourth-order valence-corrected chi connectivity index (χ4v) is 4.29. The number of hydrogen-bond acceptors (Lipinski definition) is 4. The van der Waals surface area contributed by atoms with Crippen LogP contribution in [0.3, 0.4) is 0 Å². The monoisotopic (exact) mass is 335 g/mol. The number of thiophene rings is 1. The summed E-state index contributed by atoms with van der Waals surface area (Å²) in [5.74, 6) is -0.592. The Kier molecular flexibility index (Phi) is 4.33. The number of aliphatic hydroxyl groups excluding tert-OH is 1. The molecule has 0 unspecified atom stereocenters. The van der Waals surface area contributed by atoms with Crippen molar-refractivity contribution in [2.24, 2.45) is 0 Å². The Balaban J connectivity index is 2.37. The number of aryl methyl sites for hydroxylation is 1. The van der Waals surface area contributed by atoms with Crippen LogP contribution in [0.25, 0.3) is 0 Å². The van der Waals surface area contributed by atoms with Gasteiger partial charge in [0.15, 0.2) is 0 Å². The number of aliphatic hydroxyl groups is 1. The average Bonchev–Trinajstić information content (AvgIpc) is 2.76. The zero-order valence-corrected chi connectivity index (χ0v) is 12.7. The minimum atomic E-state index is -3.86. The predicted molar refractivity (Wildman–Crippen MR) is 77.2 cm³/mol. The van der Waals surface area contributed by atoms with Crippen LogP contribution < -0.4 is 4.72 Å². The second-order valence-electron chi connectivity index (χ2n) is 4.06. The Morgan fingerprint density at radius 3 is 2.70 bits per heavy atom. The summed E-state index contributed by atoms with van der Waals surface area (Å²) >= 11 is 6.78. The van der Waals surface area contributed by atoms with Gasteiger partial charge in [0, 0.05) is 4.88 Å². The molecule has 0 aliphatic carbocycles. The highest BCUT2D eigenvalue weighted by Crippen LogP contribution is 2.30. The Labute approximate surface area is 124 Å². The maximum atomic E-state index is 13.1. The van der Waals surface area contributed by atoms with Gasteiger partial charge in [-0.2, -0.15) is 0 Å². The van der Waals surface area contributed by atoms with Crippen molar-refractivity contribution in [1.82, 2.24) is 0 Å². The summed E-state index contributed by atoms with van der Waals surface area (Å²) in [6.45, 7) is 1.48. The number of nitrogens with one attached hydrogen (secondary N) is 1. The van der Waals surface area contributed by atoms with Gasteiger partial charge in [0.1, 0.15) is 10.0 Å². The van der Waals surface area contributed by atoms with Gasteiger partial charge < -0.3 is 5.11 Å². The summed E-state index contributed by atoms with van der Waals surface area (Å²) in [5, 5.41) is 9.19. The quantitative estimate of drug-likeness (QED) is 0.902. The first-order valence-electron chi connectivity index (χ1n) is 5.51. The SMILES string of the molecule is Cc1cc(S(=O)(=O)Nc2cc(F)ccc2Cl)sc1CO. The van der Waals surface area contributed by atoms with Crippen LogP contribution in [0.5, 0.6) is 0 Å². The van der Waals surface area contributed by atoms with E-state index in [9.17, 15) is 12.8 Å². The first-order valence-corrected chi connectivity index (χ1v) is 8.19. The van der Waals surface area contributed by atoms with Gasteiger partial charge in [0.25, 0.3) is 10.0 Å². The molecule has 2 N–H and O–H groups in total. The number of benzene rings is 1. The number of anilines is 1. The Hall–Kier alpha value is -1.15. The van der Waals surface area contributed by atoms with Gasteiger partial charge in [-0.25, -0.2) is 12.8 Å². The molecule has 20 heavy (non-hydrogen) atoms. The molecule has 1 heterocycles. The van der Waals surface area contributed by atoms with Crippen LogP contribution in [-0.2, 0) is 16.6 Å². The van der Waals surface area contributed by atoms with E-state index in [1.165, 1.54) is 12.1 Å². The average molecular weight is 336 g/mol. The fourth-order valence-electron chi connectivity index (χ4n) is 1.55. The van der Waals surface area contributed by atoms with E-state index in [1.54, 1.807) is 6.92 Å². The molecule has 2 rings (SSSR count). The van der Waals surface area contributed by atoms with Gasteiger partial charge in [-0.3, -0.25) is 4.72 Å². The topological polar surface area (TPSA) is 66.4 Å². The van der Waals surface area contributed by atoms with Gasteiger partial charge >= 0.3 is 0 Å². The normalized spacial score (nSPS) is 11.6. The van der Waals surface area contributed by atoms with Crippen molar-refractivity contribution in [3.05, 3.63) is 45.5 Å². The minimum absolute atomic E-state index is 0.0248. The van der Waals surface area contributed by atoms with Crippen LogP contribution in [0, 0.1) is 12.7 Å². The summed E-state index contributed by atoms with van der Waals surface area (Å²) in [6, 6.07) is 4.87. The van der Waals surface area contributed by atoms with Gasteiger partial charge in [-0.15, -0.1) is 11.3 Å². The second-order valence-corrected chi connectivity index (χ2v) is 7.51. The predicted octanol–water partition coefficient (Wildman–Crippen LogP) is 3.14. The lowest BCUT2D eigenvalue weighted by Crippen LogP contribution is -2.12. The summed E-state index contributed by atoms with van der Waals surface area (Å²) < 4.78 is 39.8. The molecular weight excluding hydrogens is 325 g/mol. The van der Waals surface area contributed by atoms with Crippen molar-refractivity contribution in [3.8, 4) is 0 Å². The zero-order chi connectivity index (χ0) is 14.9.